The first-order valence-corrected chi connectivity index (χ1v) is 11.3. The first-order chi connectivity index (χ1) is 17.3. The first-order valence-electron chi connectivity index (χ1n) is 11.3. The lowest BCUT2D eigenvalue weighted by Crippen LogP contribution is -2.20. The highest BCUT2D eigenvalue weighted by molar-refractivity contribution is 5.91. The van der Waals surface area contributed by atoms with Crippen LogP contribution in [0.25, 0.3) is 22.3 Å². The number of aromatic nitrogens is 7. The fraction of sp³-hybridized carbons (Fsp3) is 0.240. The Balaban J connectivity index is 1.39. The number of hydrogen-bond acceptors (Lipinski definition) is 5. The number of fused-ring (bicyclic) bond motifs is 1. The van der Waals surface area contributed by atoms with Crippen molar-refractivity contribution in [2.45, 2.75) is 33.4 Å². The van der Waals surface area contributed by atoms with Crippen LogP contribution in [0.3, 0.4) is 0 Å². The molecule has 1 N–H and O–H groups in total. The molecule has 1 aromatic carbocycles. The molecule has 0 saturated heterocycles. The third-order valence-electron chi connectivity index (χ3n) is 5.94. The molecule has 5 rings (SSSR count). The van der Waals surface area contributed by atoms with E-state index in [2.05, 4.69) is 25.6 Å². The van der Waals surface area contributed by atoms with Gasteiger partial charge in [0.2, 0.25) is 5.91 Å². The number of rotatable bonds is 7. The lowest BCUT2D eigenvalue weighted by atomic mass is 10.1. The van der Waals surface area contributed by atoms with Crippen LogP contribution in [0.4, 0.5) is 14.6 Å². The summed E-state index contributed by atoms with van der Waals surface area (Å²) in [5.41, 5.74) is 3.61. The molecule has 0 fully saturated rings. The third kappa shape index (κ3) is 4.59. The predicted molar refractivity (Wildman–Crippen MR) is 131 cm³/mol. The minimum Gasteiger partial charge on any atom is -0.308 e. The van der Waals surface area contributed by atoms with Crippen LogP contribution in [0.2, 0.25) is 0 Å². The molecule has 4 aromatic heterocycles. The van der Waals surface area contributed by atoms with E-state index < -0.39 is 12.3 Å². The second-order valence-electron chi connectivity index (χ2n) is 8.61. The van der Waals surface area contributed by atoms with Crippen molar-refractivity contribution in [1.29, 1.82) is 0 Å². The number of hydrogen-bond donors (Lipinski definition) is 1. The van der Waals surface area contributed by atoms with Gasteiger partial charge in [0, 0.05) is 36.6 Å². The lowest BCUT2D eigenvalue weighted by molar-refractivity contribution is -0.116. The highest BCUT2D eigenvalue weighted by Gasteiger charge is 2.22. The summed E-state index contributed by atoms with van der Waals surface area (Å²) in [6.45, 7) is 4.02. The van der Waals surface area contributed by atoms with Gasteiger partial charge in [0.05, 0.1) is 29.5 Å². The van der Waals surface area contributed by atoms with Gasteiger partial charge in [-0.25, -0.2) is 18.4 Å². The van der Waals surface area contributed by atoms with Crippen LogP contribution in [-0.2, 0) is 24.9 Å². The second-order valence-corrected chi connectivity index (χ2v) is 8.61. The van der Waals surface area contributed by atoms with Crippen LogP contribution in [0, 0.1) is 13.8 Å². The van der Waals surface area contributed by atoms with Gasteiger partial charge >= 0.3 is 0 Å². The van der Waals surface area contributed by atoms with Crippen LogP contribution >= 0.6 is 0 Å². The van der Waals surface area contributed by atoms with Crippen molar-refractivity contribution in [3.63, 3.8) is 0 Å². The maximum atomic E-state index is 13.9. The maximum absolute atomic E-state index is 13.9. The number of nitrogens with zero attached hydrogens (tertiary/aromatic N) is 7. The van der Waals surface area contributed by atoms with Crippen molar-refractivity contribution in [3.05, 3.63) is 77.4 Å². The number of aryl methyl sites for hydroxylation is 3. The number of anilines is 1. The van der Waals surface area contributed by atoms with E-state index in [9.17, 15) is 13.6 Å². The van der Waals surface area contributed by atoms with Crippen LogP contribution < -0.4 is 5.32 Å². The van der Waals surface area contributed by atoms with Gasteiger partial charge in [0.25, 0.3) is 6.43 Å². The quantitative estimate of drug-likeness (QED) is 0.368. The summed E-state index contributed by atoms with van der Waals surface area (Å²) >= 11 is 0. The van der Waals surface area contributed by atoms with Crippen LogP contribution in [-0.4, -0.2) is 40.2 Å². The van der Waals surface area contributed by atoms with Gasteiger partial charge in [-0.15, -0.1) is 0 Å². The van der Waals surface area contributed by atoms with Gasteiger partial charge < -0.3 is 5.32 Å². The molecule has 0 aliphatic carbocycles. The van der Waals surface area contributed by atoms with Crippen LogP contribution in [0.5, 0.6) is 0 Å². The molecule has 0 aliphatic heterocycles. The topological polar surface area (TPSA) is 95.5 Å². The smallest absolute Gasteiger partial charge is 0.264 e. The fourth-order valence-corrected chi connectivity index (χ4v) is 4.17. The Bertz CT molecular complexity index is 1570. The Hall–Kier alpha value is -4.41. The molecule has 0 saturated carbocycles. The molecule has 4 heterocycles. The number of pyridine rings is 1. The van der Waals surface area contributed by atoms with E-state index in [1.807, 2.05) is 31.2 Å². The average Bonchev–Trinajstić information content (AvgIpc) is 3.54. The summed E-state index contributed by atoms with van der Waals surface area (Å²) in [6.07, 6.45) is 2.30. The highest BCUT2D eigenvalue weighted by Crippen LogP contribution is 2.33. The van der Waals surface area contributed by atoms with E-state index in [1.54, 1.807) is 48.0 Å². The van der Waals surface area contributed by atoms with Gasteiger partial charge in [0.15, 0.2) is 11.5 Å². The van der Waals surface area contributed by atoms with E-state index in [-0.39, 0.29) is 23.1 Å². The molecule has 0 spiro atoms. The van der Waals surface area contributed by atoms with Crippen LogP contribution in [0.15, 0.2) is 55.0 Å². The Kier molecular flexibility index (Phi) is 6.05. The zero-order valence-corrected chi connectivity index (χ0v) is 20.0. The number of carbonyl (C=O) groups is 1. The van der Waals surface area contributed by atoms with E-state index in [0.717, 1.165) is 11.1 Å². The zero-order valence-electron chi connectivity index (χ0n) is 20.0. The highest BCUT2D eigenvalue weighted by atomic mass is 19.3. The molecule has 0 aliphatic rings. The monoisotopic (exact) mass is 490 g/mol. The van der Waals surface area contributed by atoms with Crippen molar-refractivity contribution in [2.24, 2.45) is 7.05 Å². The van der Waals surface area contributed by atoms with Gasteiger partial charge in [-0.05, 0) is 31.0 Å². The van der Waals surface area contributed by atoms with E-state index in [4.69, 9.17) is 0 Å². The number of alkyl halides is 2. The van der Waals surface area contributed by atoms with Gasteiger partial charge in [0.1, 0.15) is 6.54 Å². The normalized spacial score (nSPS) is 11.5. The first kappa shape index (κ1) is 23.3. The molecule has 5 aromatic rings. The van der Waals surface area contributed by atoms with E-state index in [1.165, 1.54) is 10.7 Å². The van der Waals surface area contributed by atoms with Crippen LogP contribution in [0.1, 0.15) is 28.8 Å². The summed E-state index contributed by atoms with van der Waals surface area (Å²) in [4.78, 5) is 17.4. The average molecular weight is 491 g/mol. The lowest BCUT2D eigenvalue weighted by Gasteiger charge is -2.08. The number of benzene rings is 1. The summed E-state index contributed by atoms with van der Waals surface area (Å²) in [7, 11) is 1.73. The Morgan fingerprint density at radius 1 is 1.14 bits per heavy atom. The summed E-state index contributed by atoms with van der Waals surface area (Å²) in [5, 5.41) is 15.9. The third-order valence-corrected chi connectivity index (χ3v) is 5.94. The van der Waals surface area contributed by atoms with Gasteiger partial charge in [-0.3, -0.25) is 14.2 Å². The van der Waals surface area contributed by atoms with Gasteiger partial charge in [-0.1, -0.05) is 24.3 Å². The molecule has 36 heavy (non-hydrogen) atoms. The van der Waals surface area contributed by atoms with E-state index in [0.29, 0.717) is 29.3 Å². The van der Waals surface area contributed by atoms with Crippen molar-refractivity contribution in [3.8, 4) is 11.3 Å². The zero-order chi connectivity index (χ0) is 25.4. The molecule has 9 nitrogen and oxygen atoms in total. The molecule has 11 heteroatoms. The number of amides is 1. The molecule has 0 unspecified atom stereocenters. The fourth-order valence-electron chi connectivity index (χ4n) is 4.17. The second kappa shape index (κ2) is 9.33. The number of nitrogens with one attached hydrogen (secondary N) is 1. The Morgan fingerprint density at radius 2 is 1.94 bits per heavy atom. The molecule has 0 atom stereocenters. The predicted octanol–water partition coefficient (Wildman–Crippen LogP) is 4.27. The molecular formula is C25H24F2N8O. The van der Waals surface area contributed by atoms with Crippen molar-refractivity contribution in [2.75, 3.05) is 5.32 Å². The van der Waals surface area contributed by atoms with Gasteiger partial charge in [-0.2, -0.15) is 15.3 Å². The van der Waals surface area contributed by atoms with Crippen molar-refractivity contribution < 1.29 is 13.6 Å². The SMILES string of the molecule is Cc1ccccc1Cn1ccc(NC(=O)Cn2nc(C)c3c(C(F)F)cc(-c4cnn(C)c4)nc32)n1. The molecular weight excluding hydrogens is 466 g/mol. The molecule has 0 bridgehead atoms. The summed E-state index contributed by atoms with van der Waals surface area (Å²) in [5.74, 6) is -0.00763. The minimum atomic E-state index is -2.73. The Morgan fingerprint density at radius 3 is 2.67 bits per heavy atom. The summed E-state index contributed by atoms with van der Waals surface area (Å²) < 4.78 is 32.5. The largest absolute Gasteiger partial charge is 0.308 e. The molecule has 184 valence electrons. The summed E-state index contributed by atoms with van der Waals surface area (Å²) in [6, 6.07) is 11.1. The minimum absolute atomic E-state index is 0.182. The maximum Gasteiger partial charge on any atom is 0.264 e. The molecule has 0 radical (unpaired) electrons. The number of halogens is 2. The van der Waals surface area contributed by atoms with E-state index >= 15 is 0 Å². The standard InChI is InChI=1S/C25H24F2N8O/c1-15-6-4-5-7-17(15)13-34-9-8-21(32-34)30-22(36)14-35-25-23(16(2)31-35)19(24(26)27)10-20(29-25)18-11-28-33(3)12-18/h4-12,24H,13-14H2,1-3H3,(H,30,32,36). The Labute approximate surface area is 205 Å². The van der Waals surface area contributed by atoms with Crippen molar-refractivity contribution >= 4 is 22.8 Å². The molecule has 1 amide bonds. The number of carbonyl (C=O) groups excluding carboxylic acids is 1. The van der Waals surface area contributed by atoms with Crippen molar-refractivity contribution in [1.82, 2.24) is 34.3 Å².